The van der Waals surface area contributed by atoms with Gasteiger partial charge in [-0.05, 0) is 30.2 Å². The Morgan fingerprint density at radius 3 is 2.62 bits per heavy atom. The van der Waals surface area contributed by atoms with E-state index < -0.39 is 17.1 Å². The lowest BCUT2D eigenvalue weighted by molar-refractivity contribution is 0.399. The summed E-state index contributed by atoms with van der Waals surface area (Å²) in [4.78, 5) is 30.4. The van der Waals surface area contributed by atoms with Gasteiger partial charge in [0.1, 0.15) is 5.56 Å². The van der Waals surface area contributed by atoms with Crippen molar-refractivity contribution in [3.8, 4) is 5.88 Å². The van der Waals surface area contributed by atoms with Crippen LogP contribution in [0, 0.1) is 0 Å². The Labute approximate surface area is 149 Å². The lowest BCUT2D eigenvalue weighted by atomic mass is 10.1. The summed E-state index contributed by atoms with van der Waals surface area (Å²) in [5.41, 5.74) is 6.33. The number of nitrogen functional groups attached to an aromatic ring is 1. The normalized spacial score (nSPS) is 11.1. The highest BCUT2D eigenvalue weighted by Gasteiger charge is 2.12. The van der Waals surface area contributed by atoms with Crippen molar-refractivity contribution in [2.75, 3.05) is 5.73 Å². The molecule has 0 aliphatic rings. The van der Waals surface area contributed by atoms with Gasteiger partial charge in [-0.2, -0.15) is 0 Å². The van der Waals surface area contributed by atoms with Gasteiger partial charge in [-0.1, -0.05) is 36.4 Å². The van der Waals surface area contributed by atoms with E-state index in [-0.39, 0.29) is 12.1 Å². The van der Waals surface area contributed by atoms with Gasteiger partial charge in [0.05, 0.1) is 5.69 Å². The van der Waals surface area contributed by atoms with Crippen molar-refractivity contribution in [3.05, 3.63) is 86.6 Å². The number of aromatic amines is 1. The number of rotatable bonds is 5. The minimum absolute atomic E-state index is 0.0833. The molecular weight excluding hydrogens is 332 g/mol. The third kappa shape index (κ3) is 3.89. The number of benzene rings is 2. The van der Waals surface area contributed by atoms with Crippen LogP contribution in [0.15, 0.2) is 69.2 Å². The lowest BCUT2D eigenvalue weighted by Crippen LogP contribution is -2.32. The summed E-state index contributed by atoms with van der Waals surface area (Å²) < 4.78 is 1.12. The van der Waals surface area contributed by atoms with Crippen LogP contribution in [0.2, 0.25) is 0 Å². The molecule has 0 saturated heterocycles. The highest BCUT2D eigenvalue weighted by Crippen LogP contribution is 2.16. The third-order valence-corrected chi connectivity index (χ3v) is 3.89. The molecular formula is C19H18N4O3. The number of hydrogen-bond donors (Lipinski definition) is 3. The van der Waals surface area contributed by atoms with E-state index in [1.807, 2.05) is 30.3 Å². The minimum Gasteiger partial charge on any atom is -0.494 e. The lowest BCUT2D eigenvalue weighted by Gasteiger charge is -2.09. The van der Waals surface area contributed by atoms with Gasteiger partial charge in [-0.25, -0.2) is 4.79 Å². The van der Waals surface area contributed by atoms with Gasteiger partial charge in [-0.15, -0.1) is 0 Å². The van der Waals surface area contributed by atoms with E-state index in [0.717, 1.165) is 10.1 Å². The van der Waals surface area contributed by atoms with Crippen LogP contribution in [0.3, 0.4) is 0 Å². The van der Waals surface area contributed by atoms with Crippen molar-refractivity contribution in [3.63, 3.8) is 0 Å². The Morgan fingerprint density at radius 2 is 1.88 bits per heavy atom. The van der Waals surface area contributed by atoms with E-state index >= 15 is 0 Å². The van der Waals surface area contributed by atoms with E-state index in [4.69, 9.17) is 5.73 Å². The van der Waals surface area contributed by atoms with E-state index in [1.54, 1.807) is 24.3 Å². The molecule has 0 spiro atoms. The van der Waals surface area contributed by atoms with Gasteiger partial charge >= 0.3 is 5.69 Å². The van der Waals surface area contributed by atoms with Gasteiger partial charge in [-0.3, -0.25) is 19.3 Å². The summed E-state index contributed by atoms with van der Waals surface area (Å²) >= 11 is 0. The highest BCUT2D eigenvalue weighted by molar-refractivity contribution is 5.84. The van der Waals surface area contributed by atoms with Gasteiger partial charge in [0, 0.05) is 18.4 Å². The van der Waals surface area contributed by atoms with Crippen LogP contribution in [0.4, 0.5) is 11.4 Å². The molecule has 1 aromatic heterocycles. The first-order chi connectivity index (χ1) is 12.5. The second kappa shape index (κ2) is 7.52. The zero-order chi connectivity index (χ0) is 18.5. The maximum absolute atomic E-state index is 12.0. The summed E-state index contributed by atoms with van der Waals surface area (Å²) in [6.45, 7) is 0.227. The number of aliphatic imine (C=N–C) groups is 1. The molecule has 2 aromatic carbocycles. The van der Waals surface area contributed by atoms with Crippen molar-refractivity contribution in [2.45, 2.75) is 13.0 Å². The predicted octanol–water partition coefficient (Wildman–Crippen LogP) is 1.82. The van der Waals surface area contributed by atoms with Crippen molar-refractivity contribution in [1.29, 1.82) is 0 Å². The summed E-state index contributed by atoms with van der Waals surface area (Å²) in [7, 11) is 0. The molecule has 0 atom stereocenters. The zero-order valence-electron chi connectivity index (χ0n) is 13.9. The molecule has 4 N–H and O–H groups in total. The van der Waals surface area contributed by atoms with Crippen molar-refractivity contribution in [2.24, 2.45) is 4.99 Å². The number of anilines is 1. The molecule has 7 nitrogen and oxygen atoms in total. The quantitative estimate of drug-likeness (QED) is 0.481. The van der Waals surface area contributed by atoms with Gasteiger partial charge in [0.25, 0.3) is 5.56 Å². The molecule has 0 saturated carbocycles. The Kier molecular flexibility index (Phi) is 4.98. The SMILES string of the molecule is Nc1cccc(N=Cc2c(O)n(CCc3ccccc3)c(=O)[nH]c2=O)c1. The van der Waals surface area contributed by atoms with Crippen LogP contribution >= 0.6 is 0 Å². The topological polar surface area (TPSA) is 113 Å². The first-order valence-electron chi connectivity index (χ1n) is 8.04. The number of nitrogens with one attached hydrogen (secondary N) is 1. The summed E-state index contributed by atoms with van der Waals surface area (Å²) in [6.07, 6.45) is 1.76. The van der Waals surface area contributed by atoms with Gasteiger partial charge < -0.3 is 10.8 Å². The highest BCUT2D eigenvalue weighted by atomic mass is 16.3. The van der Waals surface area contributed by atoms with Crippen LogP contribution < -0.4 is 17.0 Å². The molecule has 0 radical (unpaired) electrons. The molecule has 0 aliphatic heterocycles. The van der Waals surface area contributed by atoms with Crippen LogP contribution in [-0.4, -0.2) is 20.9 Å². The number of aromatic nitrogens is 2. The van der Waals surface area contributed by atoms with Crippen LogP contribution in [0.1, 0.15) is 11.1 Å². The Bertz CT molecular complexity index is 1050. The van der Waals surface area contributed by atoms with E-state index in [9.17, 15) is 14.7 Å². The fourth-order valence-corrected chi connectivity index (χ4v) is 2.53. The number of hydrogen-bond acceptors (Lipinski definition) is 5. The molecule has 0 unspecified atom stereocenters. The molecule has 0 fully saturated rings. The smallest absolute Gasteiger partial charge is 0.331 e. The molecule has 3 rings (SSSR count). The first-order valence-corrected chi connectivity index (χ1v) is 8.04. The third-order valence-electron chi connectivity index (χ3n) is 3.89. The van der Waals surface area contributed by atoms with Gasteiger partial charge in [0.15, 0.2) is 0 Å². The fraction of sp³-hybridized carbons (Fsp3) is 0.105. The monoisotopic (exact) mass is 350 g/mol. The van der Waals surface area contributed by atoms with Crippen molar-refractivity contribution < 1.29 is 5.11 Å². The predicted molar refractivity (Wildman–Crippen MR) is 101 cm³/mol. The number of aromatic hydroxyl groups is 1. The average Bonchev–Trinajstić information content (AvgIpc) is 2.62. The Hall–Kier alpha value is -3.61. The summed E-state index contributed by atoms with van der Waals surface area (Å²) in [5.74, 6) is -0.415. The number of H-pyrrole nitrogens is 1. The fourth-order valence-electron chi connectivity index (χ4n) is 2.53. The second-order valence-corrected chi connectivity index (χ2v) is 5.74. The van der Waals surface area contributed by atoms with Gasteiger partial charge in [0.2, 0.25) is 5.88 Å². The average molecular weight is 350 g/mol. The van der Waals surface area contributed by atoms with Crippen LogP contribution in [0.25, 0.3) is 0 Å². The maximum atomic E-state index is 12.0. The minimum atomic E-state index is -0.698. The standard InChI is InChI=1S/C19H18N4O3/c20-14-7-4-8-15(11-14)21-12-16-17(24)22-19(26)23(18(16)25)10-9-13-5-2-1-3-6-13/h1-8,11-12,25H,9-10,20H2,(H,22,24,26). The molecule has 7 heteroatoms. The number of aryl methyl sites for hydroxylation is 1. The number of nitrogens with zero attached hydrogens (tertiary/aromatic N) is 2. The Morgan fingerprint density at radius 1 is 1.12 bits per heavy atom. The molecule has 3 aromatic rings. The van der Waals surface area contributed by atoms with Crippen molar-refractivity contribution in [1.82, 2.24) is 9.55 Å². The van der Waals surface area contributed by atoms with E-state index in [2.05, 4.69) is 9.98 Å². The van der Waals surface area contributed by atoms with E-state index in [1.165, 1.54) is 6.21 Å². The number of nitrogens with two attached hydrogens (primary N) is 1. The zero-order valence-corrected chi connectivity index (χ0v) is 13.9. The Balaban J connectivity index is 1.91. The van der Waals surface area contributed by atoms with Crippen LogP contribution in [0.5, 0.6) is 5.88 Å². The summed E-state index contributed by atoms with van der Waals surface area (Å²) in [5, 5.41) is 10.4. The molecule has 0 bridgehead atoms. The summed E-state index contributed by atoms with van der Waals surface area (Å²) in [6, 6.07) is 16.3. The first kappa shape index (κ1) is 17.2. The molecule has 1 heterocycles. The molecule has 0 aliphatic carbocycles. The maximum Gasteiger partial charge on any atom is 0.331 e. The van der Waals surface area contributed by atoms with E-state index in [0.29, 0.717) is 17.8 Å². The van der Waals surface area contributed by atoms with Crippen molar-refractivity contribution >= 4 is 17.6 Å². The largest absolute Gasteiger partial charge is 0.494 e. The second-order valence-electron chi connectivity index (χ2n) is 5.74. The molecule has 132 valence electrons. The molecule has 0 amide bonds. The molecule has 26 heavy (non-hydrogen) atoms. The van der Waals surface area contributed by atoms with Crippen LogP contribution in [-0.2, 0) is 13.0 Å².